The van der Waals surface area contributed by atoms with Crippen molar-refractivity contribution in [3.8, 4) is 17.2 Å². The number of pyridine rings is 1. The fraction of sp³-hybridized carbons (Fsp3) is 0.556. The molecule has 0 aliphatic heterocycles. The van der Waals surface area contributed by atoms with E-state index in [0.717, 1.165) is 0 Å². The molecule has 0 radical (unpaired) electrons. The molecule has 1 aromatic heterocycles. The summed E-state index contributed by atoms with van der Waals surface area (Å²) in [7, 11) is -1.85. The fourth-order valence-electron chi connectivity index (χ4n) is 3.34. The summed E-state index contributed by atoms with van der Waals surface area (Å²) in [5.41, 5.74) is 5.68. The Bertz CT molecular complexity index is 578. The van der Waals surface area contributed by atoms with Gasteiger partial charge in [0.2, 0.25) is 0 Å². The largest absolute Gasteiger partial charge is 0.479 e. The predicted octanol–water partition coefficient (Wildman–Crippen LogP) is 4.11. The number of hydrogen-bond acceptors (Lipinski definition) is 3. The Hall–Kier alpha value is -1.80. The molecule has 0 amide bonds. The Morgan fingerprint density at radius 3 is 2.26 bits per heavy atom. The summed E-state index contributed by atoms with van der Waals surface area (Å²) in [6.45, 7) is 13.1. The van der Waals surface area contributed by atoms with Gasteiger partial charge < -0.3 is 9.84 Å². The highest BCUT2D eigenvalue weighted by atomic mass is 28.3. The minimum atomic E-state index is -1.85. The van der Waals surface area contributed by atoms with E-state index in [1.807, 2.05) is 0 Å². The Balaban J connectivity index is 3.25. The van der Waals surface area contributed by atoms with Gasteiger partial charge in [0.15, 0.2) is 18.1 Å². The zero-order valence-corrected chi connectivity index (χ0v) is 15.9. The smallest absolute Gasteiger partial charge is 0.341 e. The lowest BCUT2D eigenvalue weighted by Crippen LogP contribution is -2.43. The SMILES string of the molecule is CC(C)[Si](C#Cc1ncccc1OCC(=O)O)(C(C)C)C(C)C. The molecule has 0 saturated carbocycles. The normalized spacial score (nSPS) is 11.5. The van der Waals surface area contributed by atoms with Crippen molar-refractivity contribution >= 4 is 14.0 Å². The lowest BCUT2D eigenvalue weighted by molar-refractivity contribution is -0.139. The third-order valence-electron chi connectivity index (χ3n) is 4.39. The molecule has 1 heterocycles. The molecule has 0 aliphatic carbocycles. The monoisotopic (exact) mass is 333 g/mol. The fourth-order valence-corrected chi connectivity index (χ4v) is 8.54. The van der Waals surface area contributed by atoms with Gasteiger partial charge in [0.05, 0.1) is 0 Å². The number of hydrogen-bond donors (Lipinski definition) is 1. The van der Waals surface area contributed by atoms with Gasteiger partial charge in [-0.05, 0) is 28.8 Å². The van der Waals surface area contributed by atoms with Gasteiger partial charge in [-0.1, -0.05) is 47.5 Å². The highest BCUT2D eigenvalue weighted by Gasteiger charge is 2.41. The molecule has 23 heavy (non-hydrogen) atoms. The molecule has 0 unspecified atom stereocenters. The van der Waals surface area contributed by atoms with E-state index in [2.05, 4.69) is 58.0 Å². The number of carbonyl (C=O) groups is 1. The average Bonchev–Trinajstić information content (AvgIpc) is 2.45. The molecule has 1 aromatic rings. The third-order valence-corrected chi connectivity index (χ3v) is 10.7. The zero-order chi connectivity index (χ0) is 17.6. The molecule has 0 aromatic carbocycles. The van der Waals surface area contributed by atoms with E-state index in [9.17, 15) is 4.79 Å². The van der Waals surface area contributed by atoms with Crippen LogP contribution in [0.3, 0.4) is 0 Å². The molecule has 1 N–H and O–H groups in total. The second-order valence-electron chi connectivity index (χ2n) is 6.68. The van der Waals surface area contributed by atoms with Crippen LogP contribution in [0.25, 0.3) is 0 Å². The number of rotatable bonds is 6. The standard InChI is InChI=1S/C18H27NO3Si/c1-13(2)23(14(3)4,15(5)6)11-9-16-17(8-7-10-19-16)22-12-18(20)21/h7-8,10,13-15H,12H2,1-6H3,(H,20,21). The summed E-state index contributed by atoms with van der Waals surface area (Å²) in [6, 6.07) is 3.43. The molecular formula is C18H27NO3Si. The van der Waals surface area contributed by atoms with E-state index < -0.39 is 14.0 Å². The van der Waals surface area contributed by atoms with Crippen LogP contribution in [-0.2, 0) is 4.79 Å². The third kappa shape index (κ3) is 4.58. The van der Waals surface area contributed by atoms with Gasteiger partial charge in [-0.15, -0.1) is 5.54 Å². The van der Waals surface area contributed by atoms with Crippen LogP contribution in [0.4, 0.5) is 0 Å². The first-order valence-corrected chi connectivity index (χ1v) is 10.3. The Labute approximate surface area is 140 Å². The van der Waals surface area contributed by atoms with Gasteiger partial charge in [-0.2, -0.15) is 0 Å². The molecule has 0 fully saturated rings. The Morgan fingerprint density at radius 2 is 1.78 bits per heavy atom. The number of ether oxygens (including phenoxy) is 1. The first kappa shape index (κ1) is 19.2. The van der Waals surface area contributed by atoms with Crippen molar-refractivity contribution in [3.63, 3.8) is 0 Å². The summed E-state index contributed by atoms with van der Waals surface area (Å²) in [5, 5.41) is 8.77. The van der Waals surface area contributed by atoms with E-state index in [0.29, 0.717) is 28.1 Å². The van der Waals surface area contributed by atoms with Crippen molar-refractivity contribution in [2.24, 2.45) is 0 Å². The van der Waals surface area contributed by atoms with Crippen LogP contribution in [0, 0.1) is 11.5 Å². The maximum atomic E-state index is 10.7. The number of carboxylic acid groups (broad SMARTS) is 1. The van der Waals surface area contributed by atoms with Crippen molar-refractivity contribution < 1.29 is 14.6 Å². The van der Waals surface area contributed by atoms with Crippen LogP contribution in [0.1, 0.15) is 47.2 Å². The van der Waals surface area contributed by atoms with Crippen LogP contribution in [0.2, 0.25) is 16.6 Å². The van der Waals surface area contributed by atoms with E-state index in [1.54, 1.807) is 18.3 Å². The quantitative estimate of drug-likeness (QED) is 0.628. The van der Waals surface area contributed by atoms with Crippen LogP contribution in [0.5, 0.6) is 5.75 Å². The maximum Gasteiger partial charge on any atom is 0.341 e. The molecule has 126 valence electrons. The molecule has 0 spiro atoms. The molecule has 1 rings (SSSR count). The van der Waals surface area contributed by atoms with Gasteiger partial charge in [0.1, 0.15) is 8.07 Å². The van der Waals surface area contributed by atoms with E-state index >= 15 is 0 Å². The zero-order valence-electron chi connectivity index (χ0n) is 14.9. The van der Waals surface area contributed by atoms with Crippen LogP contribution >= 0.6 is 0 Å². The highest BCUT2D eigenvalue weighted by molar-refractivity contribution is 6.90. The number of nitrogens with zero attached hydrogens (tertiary/aromatic N) is 1. The van der Waals surface area contributed by atoms with Crippen molar-refractivity contribution in [3.05, 3.63) is 24.0 Å². The lowest BCUT2D eigenvalue weighted by atomic mass is 10.3. The topological polar surface area (TPSA) is 59.4 Å². The maximum absolute atomic E-state index is 10.7. The van der Waals surface area contributed by atoms with Crippen molar-refractivity contribution in [1.82, 2.24) is 4.98 Å². The van der Waals surface area contributed by atoms with Gasteiger partial charge in [-0.3, -0.25) is 0 Å². The molecule has 0 bridgehead atoms. The Kier molecular flexibility index (Phi) is 6.83. The first-order chi connectivity index (χ1) is 10.7. The minimum Gasteiger partial charge on any atom is -0.479 e. The summed E-state index contributed by atoms with van der Waals surface area (Å²) in [5.74, 6) is 2.63. The van der Waals surface area contributed by atoms with E-state index in [-0.39, 0.29) is 6.61 Å². The predicted molar refractivity (Wildman–Crippen MR) is 95.3 cm³/mol. The summed E-state index contributed by atoms with van der Waals surface area (Å²) >= 11 is 0. The van der Waals surface area contributed by atoms with Gasteiger partial charge >= 0.3 is 5.97 Å². The number of aliphatic carboxylic acids is 1. The molecular weight excluding hydrogens is 306 g/mol. The van der Waals surface area contributed by atoms with Crippen LogP contribution in [0.15, 0.2) is 18.3 Å². The molecule has 0 atom stereocenters. The number of carboxylic acids is 1. The van der Waals surface area contributed by atoms with E-state index in [1.165, 1.54) is 0 Å². The highest BCUT2D eigenvalue weighted by Crippen LogP contribution is 2.40. The first-order valence-electron chi connectivity index (χ1n) is 8.04. The van der Waals surface area contributed by atoms with E-state index in [4.69, 9.17) is 9.84 Å². The summed E-state index contributed by atoms with van der Waals surface area (Å²) in [6.07, 6.45) is 1.65. The second-order valence-corrected chi connectivity index (χ2v) is 12.3. The van der Waals surface area contributed by atoms with Gasteiger partial charge in [0.25, 0.3) is 0 Å². The summed E-state index contributed by atoms with van der Waals surface area (Å²) < 4.78 is 5.30. The molecule has 5 heteroatoms. The summed E-state index contributed by atoms with van der Waals surface area (Å²) in [4.78, 5) is 15.0. The number of aromatic nitrogens is 1. The lowest BCUT2D eigenvalue weighted by Gasteiger charge is -2.38. The van der Waals surface area contributed by atoms with Crippen molar-refractivity contribution in [2.45, 2.75) is 58.2 Å². The second kappa shape index (κ2) is 8.16. The van der Waals surface area contributed by atoms with Crippen LogP contribution < -0.4 is 4.74 Å². The Morgan fingerprint density at radius 1 is 1.22 bits per heavy atom. The molecule has 4 nitrogen and oxygen atoms in total. The van der Waals surface area contributed by atoms with Gasteiger partial charge in [-0.25, -0.2) is 9.78 Å². The average molecular weight is 334 g/mol. The van der Waals surface area contributed by atoms with Crippen LogP contribution in [-0.4, -0.2) is 30.7 Å². The van der Waals surface area contributed by atoms with Crippen molar-refractivity contribution in [1.29, 1.82) is 0 Å². The molecule has 0 saturated heterocycles. The minimum absolute atomic E-state index is 0.387. The molecule has 0 aliphatic rings. The van der Waals surface area contributed by atoms with Crippen molar-refractivity contribution in [2.75, 3.05) is 6.61 Å². The van der Waals surface area contributed by atoms with Gasteiger partial charge in [0, 0.05) is 6.20 Å².